The Bertz CT molecular complexity index is 1840. The van der Waals surface area contributed by atoms with Crippen molar-refractivity contribution in [3.8, 4) is 0 Å². The summed E-state index contributed by atoms with van der Waals surface area (Å²) in [5.41, 5.74) is 17.7. The van der Waals surface area contributed by atoms with E-state index in [0.717, 1.165) is 29.7 Å². The van der Waals surface area contributed by atoms with E-state index in [2.05, 4.69) is 192 Å². The third-order valence-corrected chi connectivity index (χ3v) is 8.20. The van der Waals surface area contributed by atoms with Gasteiger partial charge in [0.05, 0.1) is 0 Å². The summed E-state index contributed by atoms with van der Waals surface area (Å²) >= 11 is 0. The smallest absolute Gasteiger partial charge is 0.00844 e. The van der Waals surface area contributed by atoms with Crippen molar-refractivity contribution in [2.75, 3.05) is 0 Å². The lowest BCUT2D eigenvalue weighted by Gasteiger charge is -2.06. The molecular formula is C49H53N. The molecule has 0 aliphatic rings. The molecule has 1 nitrogen and oxygen atoms in total. The van der Waals surface area contributed by atoms with E-state index in [1.807, 2.05) is 37.3 Å². The Kier molecular flexibility index (Phi) is 17.7. The molecule has 0 aliphatic heterocycles. The van der Waals surface area contributed by atoms with Crippen LogP contribution in [0.4, 0.5) is 0 Å². The third kappa shape index (κ3) is 15.0. The fraction of sp³-hybridized carbons (Fsp3) is 0.143. The zero-order valence-electron chi connectivity index (χ0n) is 30.5. The zero-order valence-corrected chi connectivity index (χ0v) is 30.5. The topological polar surface area (TPSA) is 26.0 Å². The molecule has 0 saturated carbocycles. The summed E-state index contributed by atoms with van der Waals surface area (Å²) in [5, 5.41) is 0. The molecule has 0 fully saturated rings. The number of allylic oxidation sites excluding steroid dienone is 21. The van der Waals surface area contributed by atoms with Crippen molar-refractivity contribution < 1.29 is 0 Å². The molecular weight excluding hydrogens is 603 g/mol. The van der Waals surface area contributed by atoms with Gasteiger partial charge in [-0.15, -0.1) is 0 Å². The Morgan fingerprint density at radius 3 is 1.22 bits per heavy atom. The van der Waals surface area contributed by atoms with Crippen molar-refractivity contribution in [1.29, 1.82) is 0 Å². The molecule has 3 aromatic carbocycles. The minimum absolute atomic E-state index is 0.794. The summed E-state index contributed by atoms with van der Waals surface area (Å²) in [6.07, 6.45) is 38.4. The summed E-state index contributed by atoms with van der Waals surface area (Å²) < 4.78 is 0. The zero-order chi connectivity index (χ0) is 35.8. The summed E-state index contributed by atoms with van der Waals surface area (Å²) in [6, 6.07) is 31.1. The van der Waals surface area contributed by atoms with Gasteiger partial charge in [0.1, 0.15) is 0 Å². The molecule has 3 rings (SSSR count). The van der Waals surface area contributed by atoms with Crippen molar-refractivity contribution in [2.45, 2.75) is 47.5 Å². The van der Waals surface area contributed by atoms with Gasteiger partial charge in [-0.25, -0.2) is 0 Å². The molecule has 0 radical (unpaired) electrons. The number of hydrogen-bond acceptors (Lipinski definition) is 1. The van der Waals surface area contributed by atoms with Crippen LogP contribution in [0.2, 0.25) is 0 Å². The molecule has 3 aromatic rings. The van der Waals surface area contributed by atoms with Gasteiger partial charge in [-0.1, -0.05) is 194 Å². The quantitative estimate of drug-likeness (QED) is 0.153. The maximum atomic E-state index is 6.22. The Morgan fingerprint density at radius 1 is 0.460 bits per heavy atom. The van der Waals surface area contributed by atoms with Crippen molar-refractivity contribution in [3.05, 3.63) is 232 Å². The minimum Gasteiger partial charge on any atom is -0.402 e. The van der Waals surface area contributed by atoms with Crippen LogP contribution in [0.3, 0.4) is 0 Å². The van der Waals surface area contributed by atoms with Gasteiger partial charge in [-0.05, 0) is 97.6 Å². The van der Waals surface area contributed by atoms with E-state index in [9.17, 15) is 0 Å². The highest BCUT2D eigenvalue weighted by molar-refractivity contribution is 5.54. The van der Waals surface area contributed by atoms with Crippen LogP contribution >= 0.6 is 0 Å². The van der Waals surface area contributed by atoms with Crippen molar-refractivity contribution in [3.63, 3.8) is 0 Å². The Morgan fingerprint density at radius 2 is 0.820 bits per heavy atom. The predicted molar refractivity (Wildman–Crippen MR) is 223 cm³/mol. The first-order chi connectivity index (χ1) is 24.4. The van der Waals surface area contributed by atoms with Crippen LogP contribution < -0.4 is 5.73 Å². The van der Waals surface area contributed by atoms with Gasteiger partial charge in [0.15, 0.2) is 0 Å². The molecule has 254 valence electrons. The molecule has 0 aliphatic carbocycles. The molecule has 0 spiro atoms. The molecule has 50 heavy (non-hydrogen) atoms. The van der Waals surface area contributed by atoms with Crippen LogP contribution in [0.25, 0.3) is 18.2 Å². The fourth-order valence-corrected chi connectivity index (χ4v) is 5.02. The standard InChI is InChI=1S/C49H53N/c1-6-47(35-19-16-32-44-26-10-7-11-27-44)40(2)24-22-38-48(36-20-17-33-45-28-12-8-13-29-45)41(3)25-23-39-49(42(4)43(5)50)37-21-18-34-46-30-14-9-15-31-46/h6-21,24-39H,22-23,50H2,1-5H3/b32-16+,33-17+,34-18+,35-19+,36-20+,37-21+,40-24-,41-25-,43-42-,47-6-,48-38-,49-39-. The van der Waals surface area contributed by atoms with Crippen LogP contribution in [-0.4, -0.2) is 0 Å². The Balaban J connectivity index is 1.80. The number of benzene rings is 3. The maximum absolute atomic E-state index is 6.22. The molecule has 0 aromatic heterocycles. The molecule has 0 atom stereocenters. The SMILES string of the molecule is C/C=C(/C=C/C=C/c1ccccc1)C(\C)=C/C/C=C(/C=C/C=C/c1ccccc1)C(\C)=C/C/C=C(/C=C/C=C/c1ccccc1)C(\C)=C(\C)N. The van der Waals surface area contributed by atoms with Gasteiger partial charge in [0.2, 0.25) is 0 Å². The van der Waals surface area contributed by atoms with E-state index >= 15 is 0 Å². The molecule has 0 bridgehead atoms. The summed E-state index contributed by atoms with van der Waals surface area (Å²) in [6.45, 7) is 10.5. The Hall–Kier alpha value is -5.66. The number of rotatable bonds is 16. The molecule has 2 N–H and O–H groups in total. The van der Waals surface area contributed by atoms with E-state index in [0.29, 0.717) is 0 Å². The minimum atomic E-state index is 0.794. The van der Waals surface area contributed by atoms with Crippen LogP contribution in [0.1, 0.15) is 64.2 Å². The lowest BCUT2D eigenvalue weighted by atomic mass is 10.0. The first-order valence-electron chi connectivity index (χ1n) is 17.4. The first kappa shape index (κ1) is 38.8. The second-order valence-electron chi connectivity index (χ2n) is 12.0. The fourth-order valence-electron chi connectivity index (χ4n) is 5.02. The summed E-state index contributed by atoms with van der Waals surface area (Å²) in [4.78, 5) is 0. The lowest BCUT2D eigenvalue weighted by Crippen LogP contribution is -1.97. The monoisotopic (exact) mass is 655 g/mol. The average molecular weight is 656 g/mol. The predicted octanol–water partition coefficient (Wildman–Crippen LogP) is 13.5. The van der Waals surface area contributed by atoms with Crippen LogP contribution in [0.15, 0.2) is 215 Å². The van der Waals surface area contributed by atoms with E-state index in [1.54, 1.807) is 0 Å². The second kappa shape index (κ2) is 22.8. The summed E-state index contributed by atoms with van der Waals surface area (Å²) in [7, 11) is 0. The molecule has 0 amide bonds. The first-order valence-corrected chi connectivity index (χ1v) is 17.4. The van der Waals surface area contributed by atoms with Crippen molar-refractivity contribution in [1.82, 2.24) is 0 Å². The normalized spacial score (nSPS) is 14.8. The molecule has 0 saturated heterocycles. The average Bonchev–Trinajstić information content (AvgIpc) is 3.14. The van der Waals surface area contributed by atoms with Gasteiger partial charge < -0.3 is 5.73 Å². The van der Waals surface area contributed by atoms with Gasteiger partial charge in [0.25, 0.3) is 0 Å². The highest BCUT2D eigenvalue weighted by atomic mass is 14.6. The highest BCUT2D eigenvalue weighted by Gasteiger charge is 2.00. The van der Waals surface area contributed by atoms with Crippen LogP contribution in [0, 0.1) is 0 Å². The molecule has 0 heterocycles. The van der Waals surface area contributed by atoms with Crippen molar-refractivity contribution in [2.24, 2.45) is 5.73 Å². The van der Waals surface area contributed by atoms with Gasteiger partial charge in [-0.3, -0.25) is 0 Å². The largest absolute Gasteiger partial charge is 0.402 e. The van der Waals surface area contributed by atoms with Gasteiger partial charge in [-0.2, -0.15) is 0 Å². The van der Waals surface area contributed by atoms with Crippen LogP contribution in [-0.2, 0) is 0 Å². The third-order valence-electron chi connectivity index (χ3n) is 8.20. The second-order valence-corrected chi connectivity index (χ2v) is 12.0. The number of hydrogen-bond donors (Lipinski definition) is 1. The van der Waals surface area contributed by atoms with E-state index in [4.69, 9.17) is 5.73 Å². The van der Waals surface area contributed by atoms with E-state index in [-0.39, 0.29) is 0 Å². The highest BCUT2D eigenvalue weighted by Crippen LogP contribution is 2.19. The van der Waals surface area contributed by atoms with Crippen molar-refractivity contribution >= 4 is 18.2 Å². The Labute approximate surface area is 302 Å². The summed E-state index contributed by atoms with van der Waals surface area (Å²) in [5.74, 6) is 0. The van der Waals surface area contributed by atoms with Crippen LogP contribution in [0.5, 0.6) is 0 Å². The van der Waals surface area contributed by atoms with E-state index in [1.165, 1.54) is 39.0 Å². The number of nitrogens with two attached hydrogens (primary N) is 1. The van der Waals surface area contributed by atoms with E-state index < -0.39 is 0 Å². The maximum Gasteiger partial charge on any atom is 0.00844 e. The molecule has 1 heteroatoms. The lowest BCUT2D eigenvalue weighted by molar-refractivity contribution is 1.19. The van der Waals surface area contributed by atoms with Gasteiger partial charge >= 0.3 is 0 Å². The molecule has 0 unspecified atom stereocenters. The van der Waals surface area contributed by atoms with Gasteiger partial charge in [0, 0.05) is 5.70 Å².